The van der Waals surface area contributed by atoms with E-state index in [1.165, 1.54) is 27.1 Å². The largest absolute Gasteiger partial charge is 0.427 e. The molecule has 0 radical (unpaired) electrons. The fraction of sp³-hybridized carbons (Fsp3) is 0.294. The molecule has 2 N–H and O–H groups in total. The van der Waals surface area contributed by atoms with Gasteiger partial charge in [0.25, 0.3) is 5.91 Å². The Bertz CT molecular complexity index is 986. The van der Waals surface area contributed by atoms with E-state index in [9.17, 15) is 22.4 Å². The molecule has 3 rings (SSSR count). The number of nitrogens with one attached hydrogen (secondary N) is 2. The van der Waals surface area contributed by atoms with Gasteiger partial charge in [-0.25, -0.2) is 22.6 Å². The summed E-state index contributed by atoms with van der Waals surface area (Å²) in [6.45, 7) is 2.84. The molecule has 0 saturated carbocycles. The highest BCUT2D eigenvalue weighted by Crippen LogP contribution is 2.29. The van der Waals surface area contributed by atoms with E-state index in [1.54, 1.807) is 0 Å². The van der Waals surface area contributed by atoms with Crippen molar-refractivity contribution < 1.29 is 27.1 Å². The highest BCUT2D eigenvalue weighted by Gasteiger charge is 2.52. The molecule has 1 amide bonds. The molecule has 1 atom stereocenters. The number of hydrogen-bond donors (Lipinski definition) is 2. The van der Waals surface area contributed by atoms with E-state index in [-0.39, 0.29) is 28.4 Å². The number of hydrogen-bond acceptors (Lipinski definition) is 7. The minimum absolute atomic E-state index is 0.0282. The van der Waals surface area contributed by atoms with Crippen LogP contribution in [0.5, 0.6) is 0 Å². The van der Waals surface area contributed by atoms with Crippen LogP contribution in [0.15, 0.2) is 29.6 Å². The molecule has 0 fully saturated rings. The number of pyridine rings is 2. The Kier molecular flexibility index (Phi) is 5.38. The average Bonchev–Trinajstić information content (AvgIpc) is 3.02. The van der Waals surface area contributed by atoms with Gasteiger partial charge in [-0.15, -0.1) is 5.10 Å². The van der Waals surface area contributed by atoms with Gasteiger partial charge in [-0.2, -0.15) is 5.43 Å². The molecule has 154 valence electrons. The van der Waals surface area contributed by atoms with Crippen molar-refractivity contribution in [1.29, 1.82) is 0 Å². The third-order valence-electron chi connectivity index (χ3n) is 4.18. The van der Waals surface area contributed by atoms with Crippen LogP contribution < -0.4 is 10.9 Å². The van der Waals surface area contributed by atoms with Crippen LogP contribution in [0.3, 0.4) is 0 Å². The number of halogens is 4. The van der Waals surface area contributed by atoms with Crippen molar-refractivity contribution in [1.82, 2.24) is 25.8 Å². The standard InChI is InChI=1S/C17H16F4N6O2/c1-8-12(18)4-10(6-22-8)14(28)24-26-17(16(20)21)27(3)25-15(29-17)11-5-13(19)9(2)23-7-11/h4-7,16,26H,1-3H3,(H,24,28). The summed E-state index contributed by atoms with van der Waals surface area (Å²) in [7, 11) is 1.17. The smallest absolute Gasteiger partial charge is 0.335 e. The van der Waals surface area contributed by atoms with Crippen LogP contribution in [0.2, 0.25) is 0 Å². The molecule has 0 saturated heterocycles. The van der Waals surface area contributed by atoms with E-state index in [2.05, 4.69) is 20.5 Å². The highest BCUT2D eigenvalue weighted by molar-refractivity contribution is 5.95. The lowest BCUT2D eigenvalue weighted by Crippen LogP contribution is -2.65. The van der Waals surface area contributed by atoms with Crippen molar-refractivity contribution in [3.8, 4) is 0 Å². The topological polar surface area (TPSA) is 91.7 Å². The first-order valence-corrected chi connectivity index (χ1v) is 8.26. The van der Waals surface area contributed by atoms with Crippen LogP contribution in [-0.2, 0) is 4.74 Å². The van der Waals surface area contributed by atoms with E-state index in [0.717, 1.165) is 23.3 Å². The lowest BCUT2D eigenvalue weighted by Gasteiger charge is -2.33. The summed E-state index contributed by atoms with van der Waals surface area (Å²) in [6, 6.07) is 1.95. The summed E-state index contributed by atoms with van der Waals surface area (Å²) in [4.78, 5) is 19.7. The number of carbonyl (C=O) groups excluding carboxylic acids is 1. The number of hydrazone groups is 1. The van der Waals surface area contributed by atoms with Gasteiger partial charge in [0.1, 0.15) is 11.6 Å². The summed E-state index contributed by atoms with van der Waals surface area (Å²) >= 11 is 0. The fourth-order valence-corrected chi connectivity index (χ4v) is 2.38. The SMILES string of the molecule is Cc1ncc(C(=O)NNC2(C(F)F)OC(c3cnc(C)c(F)c3)=NN2C)cc1F. The zero-order chi connectivity index (χ0) is 21.3. The molecule has 29 heavy (non-hydrogen) atoms. The van der Waals surface area contributed by atoms with E-state index in [4.69, 9.17) is 4.74 Å². The summed E-state index contributed by atoms with van der Waals surface area (Å²) in [6.07, 6.45) is -0.900. The number of nitrogens with zero attached hydrogens (tertiary/aromatic N) is 4. The lowest BCUT2D eigenvalue weighted by molar-refractivity contribution is -0.181. The molecule has 0 aliphatic carbocycles. The summed E-state index contributed by atoms with van der Waals surface area (Å²) in [5.41, 5.74) is 4.13. The molecule has 2 aromatic rings. The highest BCUT2D eigenvalue weighted by atomic mass is 19.3. The van der Waals surface area contributed by atoms with Crippen molar-refractivity contribution in [3.63, 3.8) is 0 Å². The van der Waals surface area contributed by atoms with Crippen LogP contribution in [0, 0.1) is 25.5 Å². The first-order valence-electron chi connectivity index (χ1n) is 8.26. The molecule has 2 aromatic heterocycles. The lowest BCUT2D eigenvalue weighted by atomic mass is 10.2. The minimum atomic E-state index is -3.20. The Morgan fingerprint density at radius 1 is 1.14 bits per heavy atom. The second-order valence-electron chi connectivity index (χ2n) is 6.19. The molecular formula is C17H16F4N6O2. The maximum absolute atomic E-state index is 13.8. The van der Waals surface area contributed by atoms with Gasteiger partial charge in [0.15, 0.2) is 0 Å². The molecule has 1 unspecified atom stereocenters. The second kappa shape index (κ2) is 7.62. The number of aromatic nitrogens is 2. The quantitative estimate of drug-likeness (QED) is 0.575. The van der Waals surface area contributed by atoms with Crippen LogP contribution >= 0.6 is 0 Å². The number of carbonyl (C=O) groups is 1. The summed E-state index contributed by atoms with van der Waals surface area (Å²) < 4.78 is 60.2. The van der Waals surface area contributed by atoms with Gasteiger partial charge in [0.05, 0.1) is 22.5 Å². The van der Waals surface area contributed by atoms with Gasteiger partial charge in [-0.3, -0.25) is 20.2 Å². The van der Waals surface area contributed by atoms with Crippen molar-refractivity contribution >= 4 is 11.8 Å². The first kappa shape index (κ1) is 20.5. The van der Waals surface area contributed by atoms with Crippen molar-refractivity contribution in [2.24, 2.45) is 5.10 Å². The van der Waals surface area contributed by atoms with Crippen LogP contribution in [0.25, 0.3) is 0 Å². The van der Waals surface area contributed by atoms with E-state index < -0.39 is 29.8 Å². The Hall–Kier alpha value is -3.28. The van der Waals surface area contributed by atoms with E-state index in [0.29, 0.717) is 0 Å². The van der Waals surface area contributed by atoms with Gasteiger partial charge in [0.2, 0.25) is 5.90 Å². The molecular weight excluding hydrogens is 396 g/mol. The zero-order valence-corrected chi connectivity index (χ0v) is 15.5. The molecule has 1 aliphatic heterocycles. The predicted octanol–water partition coefficient (Wildman–Crippen LogP) is 1.85. The summed E-state index contributed by atoms with van der Waals surface area (Å²) in [5, 5.41) is 4.57. The van der Waals surface area contributed by atoms with Gasteiger partial charge < -0.3 is 4.74 Å². The van der Waals surface area contributed by atoms with Crippen molar-refractivity contribution in [2.45, 2.75) is 26.1 Å². The van der Waals surface area contributed by atoms with Crippen LogP contribution in [-0.4, -0.2) is 46.1 Å². The monoisotopic (exact) mass is 412 g/mol. The van der Waals surface area contributed by atoms with Gasteiger partial charge in [-0.1, -0.05) is 0 Å². The molecule has 0 spiro atoms. The van der Waals surface area contributed by atoms with E-state index in [1.807, 2.05) is 5.43 Å². The Balaban J connectivity index is 1.79. The molecule has 1 aliphatic rings. The first-order chi connectivity index (χ1) is 13.6. The van der Waals surface area contributed by atoms with Crippen molar-refractivity contribution in [2.75, 3.05) is 7.05 Å². The molecule has 12 heteroatoms. The van der Waals surface area contributed by atoms with E-state index >= 15 is 0 Å². The average molecular weight is 412 g/mol. The van der Waals surface area contributed by atoms with Crippen molar-refractivity contribution in [3.05, 3.63) is 58.7 Å². The molecule has 8 nitrogen and oxygen atoms in total. The number of ether oxygens (including phenoxy) is 1. The predicted molar refractivity (Wildman–Crippen MR) is 92.6 cm³/mol. The molecule has 0 bridgehead atoms. The Morgan fingerprint density at radius 3 is 2.34 bits per heavy atom. The Morgan fingerprint density at radius 2 is 1.76 bits per heavy atom. The number of rotatable bonds is 5. The zero-order valence-electron chi connectivity index (χ0n) is 15.5. The van der Waals surface area contributed by atoms with Gasteiger partial charge in [0, 0.05) is 19.4 Å². The third kappa shape index (κ3) is 3.83. The molecule has 0 aromatic carbocycles. The Labute approximate surface area is 162 Å². The minimum Gasteiger partial charge on any atom is -0.427 e. The van der Waals surface area contributed by atoms with Gasteiger partial charge >= 0.3 is 12.3 Å². The third-order valence-corrected chi connectivity index (χ3v) is 4.18. The van der Waals surface area contributed by atoms with Gasteiger partial charge in [-0.05, 0) is 26.0 Å². The van der Waals surface area contributed by atoms with Crippen LogP contribution in [0.4, 0.5) is 17.6 Å². The maximum Gasteiger partial charge on any atom is 0.335 e. The van der Waals surface area contributed by atoms with Crippen LogP contribution in [0.1, 0.15) is 27.3 Å². The number of hydrazine groups is 1. The number of amides is 1. The fourth-order valence-electron chi connectivity index (χ4n) is 2.38. The second-order valence-corrected chi connectivity index (χ2v) is 6.19. The number of aryl methyl sites for hydroxylation is 2. The number of alkyl halides is 2. The summed E-state index contributed by atoms with van der Waals surface area (Å²) in [5.74, 6) is -5.23. The molecule has 3 heterocycles. The maximum atomic E-state index is 13.8. The normalized spacial score (nSPS) is 18.6.